The summed E-state index contributed by atoms with van der Waals surface area (Å²) in [4.78, 5) is 17.8. The zero-order valence-electron chi connectivity index (χ0n) is 11.8. The first-order chi connectivity index (χ1) is 10.1. The van der Waals surface area contributed by atoms with Gasteiger partial charge in [-0.2, -0.15) is 10.1 Å². The van der Waals surface area contributed by atoms with Crippen LogP contribution in [0, 0.1) is 6.92 Å². The molecule has 1 amide bonds. The molecular weight excluding hydrogens is 292 g/mol. The van der Waals surface area contributed by atoms with Crippen LogP contribution in [-0.2, 0) is 7.05 Å². The molecule has 0 radical (unpaired) electrons. The highest BCUT2D eigenvalue weighted by Gasteiger charge is 2.16. The van der Waals surface area contributed by atoms with Crippen molar-refractivity contribution >= 4 is 33.4 Å². The molecule has 3 rings (SSSR count). The Labute approximate surface area is 124 Å². The normalized spacial score (nSPS) is 11.0. The first kappa shape index (κ1) is 13.6. The van der Waals surface area contributed by atoms with Gasteiger partial charge >= 0.3 is 6.01 Å². The number of nitrogens with one attached hydrogen (secondary N) is 2. The summed E-state index contributed by atoms with van der Waals surface area (Å²) >= 11 is 1.38. The Morgan fingerprint density at radius 2 is 2.38 bits per heavy atom. The Morgan fingerprint density at radius 3 is 3.10 bits per heavy atom. The van der Waals surface area contributed by atoms with Crippen molar-refractivity contribution in [1.82, 2.24) is 25.0 Å². The highest BCUT2D eigenvalue weighted by molar-refractivity contribution is 7.20. The third-order valence-electron chi connectivity index (χ3n) is 2.89. The number of H-pyrrole nitrogens is 1. The Kier molecular flexibility index (Phi) is 3.34. The smallest absolute Gasteiger partial charge is 0.337 e. The van der Waals surface area contributed by atoms with Crippen molar-refractivity contribution in [3.05, 3.63) is 16.6 Å². The Morgan fingerprint density at radius 1 is 1.57 bits per heavy atom. The van der Waals surface area contributed by atoms with E-state index in [2.05, 4.69) is 25.6 Å². The van der Waals surface area contributed by atoms with Gasteiger partial charge in [-0.3, -0.25) is 14.8 Å². The number of aromatic nitrogens is 5. The van der Waals surface area contributed by atoms with Gasteiger partial charge in [0, 0.05) is 12.4 Å². The van der Waals surface area contributed by atoms with Crippen LogP contribution in [0.4, 0.5) is 5.95 Å². The highest BCUT2D eigenvalue weighted by atomic mass is 32.1. The lowest BCUT2D eigenvalue weighted by Gasteiger charge is -1.97. The highest BCUT2D eigenvalue weighted by Crippen LogP contribution is 2.28. The van der Waals surface area contributed by atoms with Crippen LogP contribution in [0.5, 0.6) is 6.01 Å². The summed E-state index contributed by atoms with van der Waals surface area (Å²) in [5.41, 5.74) is 0.904. The molecule has 0 atom stereocenters. The Balaban J connectivity index is 1.81. The molecule has 3 aromatic heterocycles. The molecule has 8 nitrogen and oxygen atoms in total. The molecule has 21 heavy (non-hydrogen) atoms. The number of fused-ring (bicyclic) bond motifs is 1. The zero-order valence-corrected chi connectivity index (χ0v) is 12.6. The van der Waals surface area contributed by atoms with Gasteiger partial charge in [0.05, 0.1) is 17.2 Å². The molecule has 0 aliphatic rings. The number of aromatic amines is 1. The van der Waals surface area contributed by atoms with Crippen molar-refractivity contribution in [3.8, 4) is 6.01 Å². The van der Waals surface area contributed by atoms with Gasteiger partial charge in [0.15, 0.2) is 0 Å². The fraction of sp³-hybridized carbons (Fsp3) is 0.333. The summed E-state index contributed by atoms with van der Waals surface area (Å²) in [6.45, 7) is 4.22. The molecule has 0 aliphatic carbocycles. The summed E-state index contributed by atoms with van der Waals surface area (Å²) in [5, 5.41) is 14.4. The van der Waals surface area contributed by atoms with E-state index >= 15 is 0 Å². The number of anilines is 1. The summed E-state index contributed by atoms with van der Waals surface area (Å²) in [7, 11) is 1.86. The van der Waals surface area contributed by atoms with Gasteiger partial charge in [-0.25, -0.2) is 5.10 Å². The van der Waals surface area contributed by atoms with Gasteiger partial charge in [-0.1, -0.05) is 0 Å². The number of carbonyl (C=O) groups is 1. The van der Waals surface area contributed by atoms with Crippen LogP contribution in [0.15, 0.2) is 6.07 Å². The van der Waals surface area contributed by atoms with Crippen LogP contribution < -0.4 is 10.1 Å². The average molecular weight is 306 g/mol. The number of amides is 1. The predicted molar refractivity (Wildman–Crippen MR) is 78.8 cm³/mol. The first-order valence-corrected chi connectivity index (χ1v) is 7.19. The van der Waals surface area contributed by atoms with Gasteiger partial charge in [0.1, 0.15) is 4.83 Å². The number of thiophene rings is 1. The third-order valence-corrected chi connectivity index (χ3v) is 4.09. The standard InChI is InChI=1S/C12H14N6O2S/c1-4-20-12-14-11(15-16-12)13-9(19)8-5-7-6(2)17-18(3)10(7)21-8/h5H,4H2,1-3H3,(H2,13,14,15,16,19). The fourth-order valence-electron chi connectivity index (χ4n) is 1.98. The minimum atomic E-state index is -0.241. The first-order valence-electron chi connectivity index (χ1n) is 6.38. The van der Waals surface area contributed by atoms with E-state index in [9.17, 15) is 4.79 Å². The van der Waals surface area contributed by atoms with Crippen molar-refractivity contribution in [2.45, 2.75) is 13.8 Å². The van der Waals surface area contributed by atoms with E-state index in [4.69, 9.17) is 4.74 Å². The molecule has 0 saturated carbocycles. The zero-order chi connectivity index (χ0) is 15.0. The fourth-order valence-corrected chi connectivity index (χ4v) is 3.00. The number of ether oxygens (including phenoxy) is 1. The molecule has 2 N–H and O–H groups in total. The molecule has 0 bridgehead atoms. The molecule has 0 spiro atoms. The third kappa shape index (κ3) is 2.47. The molecule has 9 heteroatoms. The number of hydrogen-bond donors (Lipinski definition) is 2. The largest absolute Gasteiger partial charge is 0.463 e. The molecule has 0 saturated heterocycles. The van der Waals surface area contributed by atoms with E-state index in [-0.39, 0.29) is 17.9 Å². The lowest BCUT2D eigenvalue weighted by molar-refractivity contribution is 0.103. The SMILES string of the molecule is CCOc1n[nH]c(NC(=O)c2cc3c(C)nn(C)c3s2)n1. The molecule has 0 fully saturated rings. The van der Waals surface area contributed by atoms with Crippen LogP contribution >= 0.6 is 11.3 Å². The lowest BCUT2D eigenvalue weighted by atomic mass is 10.3. The second-order valence-electron chi connectivity index (χ2n) is 4.39. The summed E-state index contributed by atoms with van der Waals surface area (Å²) in [6.07, 6.45) is 0. The van der Waals surface area contributed by atoms with Gasteiger partial charge in [0.2, 0.25) is 5.95 Å². The van der Waals surface area contributed by atoms with Crippen molar-refractivity contribution in [3.63, 3.8) is 0 Å². The molecule has 110 valence electrons. The van der Waals surface area contributed by atoms with Crippen molar-refractivity contribution in [2.75, 3.05) is 11.9 Å². The van der Waals surface area contributed by atoms with E-state index in [1.165, 1.54) is 11.3 Å². The van der Waals surface area contributed by atoms with E-state index < -0.39 is 0 Å². The molecular formula is C12H14N6O2S. The van der Waals surface area contributed by atoms with Gasteiger partial charge in [0.25, 0.3) is 5.91 Å². The molecule has 0 aliphatic heterocycles. The van der Waals surface area contributed by atoms with Crippen LogP contribution in [0.2, 0.25) is 0 Å². The second-order valence-corrected chi connectivity index (χ2v) is 5.42. The Bertz CT molecular complexity index is 767. The number of aryl methyl sites for hydroxylation is 2. The minimum absolute atomic E-state index is 0.212. The van der Waals surface area contributed by atoms with Crippen LogP contribution in [0.25, 0.3) is 10.2 Å². The maximum absolute atomic E-state index is 12.2. The Hall–Kier alpha value is -2.42. The second kappa shape index (κ2) is 5.17. The monoisotopic (exact) mass is 306 g/mol. The van der Waals surface area contributed by atoms with Crippen LogP contribution in [0.3, 0.4) is 0 Å². The maximum Gasteiger partial charge on any atom is 0.337 e. The van der Waals surface area contributed by atoms with Crippen LogP contribution in [0.1, 0.15) is 22.3 Å². The van der Waals surface area contributed by atoms with Crippen molar-refractivity contribution < 1.29 is 9.53 Å². The van der Waals surface area contributed by atoms with Gasteiger partial charge in [-0.15, -0.1) is 16.4 Å². The summed E-state index contributed by atoms with van der Waals surface area (Å²) < 4.78 is 6.90. The quantitative estimate of drug-likeness (QED) is 0.764. The summed E-state index contributed by atoms with van der Waals surface area (Å²) in [5.74, 6) is 0.0190. The van der Waals surface area contributed by atoms with Gasteiger partial charge < -0.3 is 4.74 Å². The topological polar surface area (TPSA) is 97.7 Å². The number of hydrogen-bond acceptors (Lipinski definition) is 6. The average Bonchev–Trinajstić information content (AvgIpc) is 3.10. The van der Waals surface area contributed by atoms with E-state index in [0.717, 1.165) is 15.9 Å². The van der Waals surface area contributed by atoms with Crippen molar-refractivity contribution in [1.29, 1.82) is 0 Å². The number of rotatable bonds is 4. The van der Waals surface area contributed by atoms with Crippen LogP contribution in [-0.4, -0.2) is 37.5 Å². The van der Waals surface area contributed by atoms with Crippen molar-refractivity contribution in [2.24, 2.45) is 7.05 Å². The number of carbonyl (C=O) groups excluding carboxylic acids is 1. The van der Waals surface area contributed by atoms with E-state index in [0.29, 0.717) is 11.5 Å². The van der Waals surface area contributed by atoms with Gasteiger partial charge in [-0.05, 0) is 19.9 Å². The van der Waals surface area contributed by atoms with E-state index in [1.54, 1.807) is 4.68 Å². The van der Waals surface area contributed by atoms with E-state index in [1.807, 2.05) is 27.0 Å². The minimum Gasteiger partial charge on any atom is -0.463 e. The maximum atomic E-state index is 12.2. The molecule has 3 aromatic rings. The molecule has 0 aromatic carbocycles. The molecule has 3 heterocycles. The lowest BCUT2D eigenvalue weighted by Crippen LogP contribution is -2.11. The predicted octanol–water partition coefficient (Wildman–Crippen LogP) is 1.71. The molecule has 0 unspecified atom stereocenters. The number of nitrogens with zero attached hydrogens (tertiary/aromatic N) is 4. The summed E-state index contributed by atoms with van der Waals surface area (Å²) in [6, 6.07) is 2.04.